The van der Waals surface area contributed by atoms with Gasteiger partial charge in [-0.3, -0.25) is 0 Å². The molecule has 0 radical (unpaired) electrons. The highest BCUT2D eigenvalue weighted by Gasteiger charge is 2.55. The topological polar surface area (TPSA) is 21.7 Å². The van der Waals surface area contributed by atoms with E-state index < -0.39 is 0 Å². The summed E-state index contributed by atoms with van der Waals surface area (Å²) in [6, 6.07) is 5.10. The third kappa shape index (κ3) is 2.00. The molecule has 1 aromatic rings. The summed E-state index contributed by atoms with van der Waals surface area (Å²) < 4.78 is 11.4. The summed E-state index contributed by atoms with van der Waals surface area (Å²) in [6.07, 6.45) is 4.60. The molecule has 1 aliphatic heterocycles. The number of piperidine rings is 1. The minimum atomic E-state index is 0.259. The van der Waals surface area contributed by atoms with E-state index in [1.165, 1.54) is 35.4 Å². The van der Waals surface area contributed by atoms with Crippen LogP contribution in [0.4, 0.5) is 0 Å². The lowest BCUT2D eigenvalue weighted by atomic mass is 9.51. The quantitative estimate of drug-likeness (QED) is 0.824. The second-order valence-corrected chi connectivity index (χ2v) is 7.98. The molecule has 0 N–H and O–H groups in total. The molecule has 1 aromatic carbocycles. The van der Waals surface area contributed by atoms with Crippen molar-refractivity contribution < 1.29 is 9.47 Å². The number of nitrogens with zero attached hydrogens (tertiary/aromatic N) is 1. The third-order valence-electron chi connectivity index (χ3n) is 7.01. The first-order valence-electron chi connectivity index (χ1n) is 9.11. The van der Waals surface area contributed by atoms with Crippen LogP contribution >= 0.6 is 0 Å². The van der Waals surface area contributed by atoms with E-state index in [-0.39, 0.29) is 5.41 Å². The number of allylic oxidation sites excluding steroid dienone is 2. The molecular weight excluding hydrogens is 298 g/mol. The Kier molecular flexibility index (Phi) is 3.68. The van der Waals surface area contributed by atoms with Crippen molar-refractivity contribution in [3.05, 3.63) is 40.2 Å². The van der Waals surface area contributed by atoms with Gasteiger partial charge in [-0.25, -0.2) is 0 Å². The molecule has 0 amide bonds. The molecule has 3 nitrogen and oxygen atoms in total. The SMILES string of the molecule is COC1=C(C)CC23CCN(C)C(Cc4ccc(OC)c(C)c42)C3C1. The Balaban J connectivity index is 1.94. The highest BCUT2D eigenvalue weighted by Crippen LogP contribution is 2.58. The van der Waals surface area contributed by atoms with Crippen LogP contribution in [0.25, 0.3) is 0 Å². The zero-order valence-corrected chi connectivity index (χ0v) is 15.6. The van der Waals surface area contributed by atoms with Crippen molar-refractivity contribution >= 4 is 0 Å². The molecule has 4 rings (SSSR count). The molecule has 2 bridgehead atoms. The van der Waals surface area contributed by atoms with E-state index in [4.69, 9.17) is 9.47 Å². The number of hydrogen-bond donors (Lipinski definition) is 0. The molecule has 3 atom stereocenters. The maximum atomic E-state index is 5.75. The monoisotopic (exact) mass is 327 g/mol. The lowest BCUT2D eigenvalue weighted by Crippen LogP contribution is -2.60. The van der Waals surface area contributed by atoms with Gasteiger partial charge in [0.05, 0.1) is 20.0 Å². The number of likely N-dealkylation sites (N-methyl/N-ethyl adjacent to an activating group) is 1. The summed E-state index contributed by atoms with van der Waals surface area (Å²) in [5, 5.41) is 0. The number of methoxy groups -OCH3 is 2. The maximum Gasteiger partial charge on any atom is 0.122 e. The number of ether oxygens (including phenoxy) is 2. The average molecular weight is 327 g/mol. The van der Waals surface area contributed by atoms with Gasteiger partial charge in [-0.2, -0.15) is 0 Å². The van der Waals surface area contributed by atoms with Crippen LogP contribution < -0.4 is 4.74 Å². The van der Waals surface area contributed by atoms with E-state index in [1.807, 2.05) is 7.11 Å². The van der Waals surface area contributed by atoms with Gasteiger partial charge in [0.2, 0.25) is 0 Å². The molecule has 0 spiro atoms. The summed E-state index contributed by atoms with van der Waals surface area (Å²) in [5.74, 6) is 2.91. The fourth-order valence-corrected chi connectivity index (χ4v) is 5.91. The summed E-state index contributed by atoms with van der Waals surface area (Å²) in [5.41, 5.74) is 6.18. The van der Waals surface area contributed by atoms with Gasteiger partial charge in [0.1, 0.15) is 5.75 Å². The Hall–Kier alpha value is -1.48. The van der Waals surface area contributed by atoms with Crippen LogP contribution in [0.5, 0.6) is 5.75 Å². The van der Waals surface area contributed by atoms with Gasteiger partial charge in [-0.05, 0) is 81.0 Å². The highest BCUT2D eigenvalue weighted by atomic mass is 16.5. The predicted octanol–water partition coefficient (Wildman–Crippen LogP) is 3.83. The second kappa shape index (κ2) is 5.52. The molecule has 2 aliphatic carbocycles. The van der Waals surface area contributed by atoms with Crippen LogP contribution in [0, 0.1) is 12.8 Å². The normalized spacial score (nSPS) is 32.2. The Bertz CT molecular complexity index is 708. The van der Waals surface area contributed by atoms with Crippen molar-refractivity contribution in [3.63, 3.8) is 0 Å². The van der Waals surface area contributed by atoms with Gasteiger partial charge in [0.25, 0.3) is 0 Å². The van der Waals surface area contributed by atoms with Crippen molar-refractivity contribution in [3.8, 4) is 5.75 Å². The number of benzene rings is 1. The Morgan fingerprint density at radius 2 is 1.92 bits per heavy atom. The molecule has 1 heterocycles. The van der Waals surface area contributed by atoms with Gasteiger partial charge < -0.3 is 14.4 Å². The molecule has 0 saturated carbocycles. The smallest absolute Gasteiger partial charge is 0.122 e. The molecule has 3 unspecified atom stereocenters. The van der Waals surface area contributed by atoms with Crippen molar-refractivity contribution in [1.82, 2.24) is 4.90 Å². The van der Waals surface area contributed by atoms with E-state index in [0.717, 1.165) is 25.0 Å². The number of likely N-dealkylation sites (tertiary alicyclic amines) is 1. The summed E-state index contributed by atoms with van der Waals surface area (Å²) >= 11 is 0. The molecule has 1 saturated heterocycles. The Morgan fingerprint density at radius 1 is 1.12 bits per heavy atom. The fraction of sp³-hybridized carbons (Fsp3) is 0.619. The molecule has 0 aromatic heterocycles. The van der Waals surface area contributed by atoms with E-state index in [0.29, 0.717) is 12.0 Å². The van der Waals surface area contributed by atoms with Crippen LogP contribution in [-0.2, 0) is 16.6 Å². The average Bonchev–Trinajstić information content (AvgIpc) is 2.57. The summed E-state index contributed by atoms with van der Waals surface area (Å²) in [4.78, 5) is 2.58. The van der Waals surface area contributed by atoms with Gasteiger partial charge >= 0.3 is 0 Å². The lowest BCUT2D eigenvalue weighted by molar-refractivity contribution is 0.0126. The molecule has 130 valence electrons. The van der Waals surface area contributed by atoms with E-state index in [2.05, 4.69) is 37.9 Å². The minimum absolute atomic E-state index is 0.259. The van der Waals surface area contributed by atoms with Crippen LogP contribution in [0.2, 0.25) is 0 Å². The third-order valence-corrected chi connectivity index (χ3v) is 7.01. The molecule has 1 fully saturated rings. The zero-order valence-electron chi connectivity index (χ0n) is 15.6. The fourth-order valence-electron chi connectivity index (χ4n) is 5.91. The first kappa shape index (κ1) is 16.0. The van der Waals surface area contributed by atoms with Gasteiger partial charge in [-0.15, -0.1) is 0 Å². The lowest BCUT2D eigenvalue weighted by Gasteiger charge is -2.58. The van der Waals surface area contributed by atoms with Gasteiger partial charge in [0, 0.05) is 17.9 Å². The molecule has 3 heteroatoms. The van der Waals surface area contributed by atoms with Crippen molar-refractivity contribution in [2.75, 3.05) is 27.8 Å². The minimum Gasteiger partial charge on any atom is -0.501 e. The second-order valence-electron chi connectivity index (χ2n) is 7.98. The van der Waals surface area contributed by atoms with Gasteiger partial charge in [0.15, 0.2) is 0 Å². The number of rotatable bonds is 2. The standard InChI is InChI=1S/C21H29NO2/c1-13-12-21-8-9-22(3)17(16(21)11-19(13)24-5)10-15-6-7-18(23-4)14(2)20(15)21/h6-7,16-17H,8-12H2,1-5H3. The molecular formula is C21H29NO2. The van der Waals surface area contributed by atoms with Crippen LogP contribution in [0.1, 0.15) is 42.9 Å². The Labute approximate surface area is 145 Å². The van der Waals surface area contributed by atoms with E-state index >= 15 is 0 Å². The van der Waals surface area contributed by atoms with Crippen LogP contribution in [-0.4, -0.2) is 38.8 Å². The van der Waals surface area contributed by atoms with Gasteiger partial charge in [-0.1, -0.05) is 6.07 Å². The van der Waals surface area contributed by atoms with Crippen LogP contribution in [0.15, 0.2) is 23.5 Å². The number of fused-ring (bicyclic) bond motifs is 1. The summed E-state index contributed by atoms with van der Waals surface area (Å²) in [6.45, 7) is 5.71. The van der Waals surface area contributed by atoms with Crippen molar-refractivity contribution in [2.24, 2.45) is 5.92 Å². The van der Waals surface area contributed by atoms with E-state index in [1.54, 1.807) is 12.7 Å². The summed E-state index contributed by atoms with van der Waals surface area (Å²) in [7, 11) is 5.92. The van der Waals surface area contributed by atoms with E-state index in [9.17, 15) is 0 Å². The first-order chi connectivity index (χ1) is 11.5. The van der Waals surface area contributed by atoms with Crippen molar-refractivity contribution in [2.45, 2.75) is 51.0 Å². The van der Waals surface area contributed by atoms with Crippen LogP contribution in [0.3, 0.4) is 0 Å². The molecule has 3 aliphatic rings. The Morgan fingerprint density at radius 3 is 2.62 bits per heavy atom. The van der Waals surface area contributed by atoms with Crippen molar-refractivity contribution in [1.29, 1.82) is 0 Å². The zero-order chi connectivity index (χ0) is 17.1. The first-order valence-corrected chi connectivity index (χ1v) is 9.11. The molecule has 24 heavy (non-hydrogen) atoms. The maximum absolute atomic E-state index is 5.75. The predicted molar refractivity (Wildman–Crippen MR) is 96.6 cm³/mol. The highest BCUT2D eigenvalue weighted by molar-refractivity contribution is 5.53. The largest absolute Gasteiger partial charge is 0.501 e. The number of hydrogen-bond acceptors (Lipinski definition) is 3.